The van der Waals surface area contributed by atoms with Crippen LogP contribution in [0, 0.1) is 10.1 Å². The maximum Gasteiger partial charge on any atom is 0.288 e. The molecule has 0 aliphatic carbocycles. The smallest absolute Gasteiger partial charge is 0.288 e. The fourth-order valence-corrected chi connectivity index (χ4v) is 2.03. The first-order chi connectivity index (χ1) is 9.92. The lowest BCUT2D eigenvalue weighted by molar-refractivity contribution is -0.385. The van der Waals surface area contributed by atoms with Gasteiger partial charge in [-0.15, -0.1) is 0 Å². The van der Waals surface area contributed by atoms with Crippen molar-refractivity contribution >= 4 is 17.4 Å². The lowest BCUT2D eigenvalue weighted by Gasteiger charge is -2.25. The number of amides is 1. The highest BCUT2D eigenvalue weighted by molar-refractivity contribution is 5.99. The van der Waals surface area contributed by atoms with Crippen molar-refractivity contribution in [3.8, 4) is 0 Å². The molecule has 1 heterocycles. The Morgan fingerprint density at radius 1 is 1.52 bits per heavy atom. The topological polar surface area (TPSA) is 88.4 Å². The molecule has 116 valence electrons. The SMILES string of the molecule is CCCC(C)N(C)C(=O)c1cc([N+](=O)[O-])cnc1NCC. The van der Waals surface area contributed by atoms with E-state index in [1.54, 1.807) is 11.9 Å². The highest BCUT2D eigenvalue weighted by Crippen LogP contribution is 2.21. The molecule has 0 aliphatic rings. The van der Waals surface area contributed by atoms with Gasteiger partial charge >= 0.3 is 0 Å². The molecule has 0 aliphatic heterocycles. The van der Waals surface area contributed by atoms with E-state index in [1.165, 1.54) is 6.07 Å². The average molecular weight is 294 g/mol. The lowest BCUT2D eigenvalue weighted by atomic mass is 10.1. The van der Waals surface area contributed by atoms with Crippen LogP contribution < -0.4 is 5.32 Å². The monoisotopic (exact) mass is 294 g/mol. The molecule has 1 N–H and O–H groups in total. The quantitative estimate of drug-likeness (QED) is 0.617. The zero-order valence-corrected chi connectivity index (χ0v) is 12.9. The van der Waals surface area contributed by atoms with Gasteiger partial charge in [-0.25, -0.2) is 4.98 Å². The van der Waals surface area contributed by atoms with Crippen molar-refractivity contribution in [2.24, 2.45) is 0 Å². The summed E-state index contributed by atoms with van der Waals surface area (Å²) in [6.07, 6.45) is 3.00. The van der Waals surface area contributed by atoms with E-state index in [4.69, 9.17) is 0 Å². The molecule has 0 radical (unpaired) electrons. The molecule has 7 nitrogen and oxygen atoms in total. The van der Waals surface area contributed by atoms with Gasteiger partial charge in [-0.2, -0.15) is 0 Å². The number of aromatic nitrogens is 1. The molecule has 7 heteroatoms. The van der Waals surface area contributed by atoms with Crippen LogP contribution in [0.25, 0.3) is 0 Å². The molecule has 1 amide bonds. The standard InChI is InChI=1S/C14H22N4O3/c1-5-7-10(3)17(4)14(19)12-8-11(18(20)21)9-16-13(12)15-6-2/h8-10H,5-7H2,1-4H3,(H,15,16). The Labute approximate surface area is 124 Å². The first-order valence-electron chi connectivity index (χ1n) is 7.07. The Balaban J connectivity index is 3.15. The first kappa shape index (κ1) is 16.9. The molecule has 1 aromatic heterocycles. The fraction of sp³-hybridized carbons (Fsp3) is 0.571. The van der Waals surface area contributed by atoms with Crippen molar-refractivity contribution in [1.29, 1.82) is 0 Å². The van der Waals surface area contributed by atoms with Crippen molar-refractivity contribution in [1.82, 2.24) is 9.88 Å². The minimum atomic E-state index is -0.547. The number of pyridine rings is 1. The lowest BCUT2D eigenvalue weighted by Crippen LogP contribution is -2.35. The van der Waals surface area contributed by atoms with Gasteiger partial charge in [-0.1, -0.05) is 13.3 Å². The van der Waals surface area contributed by atoms with Crippen LogP contribution in [0.15, 0.2) is 12.3 Å². The summed E-state index contributed by atoms with van der Waals surface area (Å²) in [6, 6.07) is 1.35. The van der Waals surface area contributed by atoms with E-state index in [0.717, 1.165) is 19.0 Å². The highest BCUT2D eigenvalue weighted by Gasteiger charge is 2.23. The summed E-state index contributed by atoms with van der Waals surface area (Å²) < 4.78 is 0. The van der Waals surface area contributed by atoms with Gasteiger partial charge in [0.2, 0.25) is 0 Å². The van der Waals surface area contributed by atoms with E-state index in [9.17, 15) is 14.9 Å². The number of hydrogen-bond acceptors (Lipinski definition) is 5. The van der Waals surface area contributed by atoms with Crippen LogP contribution in [0.4, 0.5) is 11.5 Å². The van der Waals surface area contributed by atoms with Crippen LogP contribution in [-0.2, 0) is 0 Å². The summed E-state index contributed by atoms with van der Waals surface area (Å²) in [7, 11) is 1.71. The summed E-state index contributed by atoms with van der Waals surface area (Å²) >= 11 is 0. The van der Waals surface area contributed by atoms with Gasteiger partial charge in [-0.3, -0.25) is 14.9 Å². The Bertz CT molecular complexity index is 519. The number of anilines is 1. The van der Waals surface area contributed by atoms with Crippen molar-refractivity contribution in [2.45, 2.75) is 39.7 Å². The molecule has 0 saturated heterocycles. The Kier molecular flexibility index (Phi) is 6.08. The second kappa shape index (κ2) is 7.56. The minimum Gasteiger partial charge on any atom is -0.370 e. The van der Waals surface area contributed by atoms with E-state index >= 15 is 0 Å². The van der Waals surface area contributed by atoms with Gasteiger partial charge in [0.05, 0.1) is 10.5 Å². The van der Waals surface area contributed by atoms with Crippen LogP contribution in [0.5, 0.6) is 0 Å². The number of rotatable bonds is 7. The number of hydrogen-bond donors (Lipinski definition) is 1. The van der Waals surface area contributed by atoms with Crippen LogP contribution in [0.3, 0.4) is 0 Å². The normalized spacial score (nSPS) is 11.8. The Morgan fingerprint density at radius 3 is 2.71 bits per heavy atom. The third-order valence-corrected chi connectivity index (χ3v) is 3.35. The van der Waals surface area contributed by atoms with Gasteiger partial charge in [0.25, 0.3) is 11.6 Å². The van der Waals surface area contributed by atoms with Gasteiger partial charge < -0.3 is 10.2 Å². The van der Waals surface area contributed by atoms with Gasteiger partial charge in [0, 0.05) is 25.7 Å². The molecule has 1 rings (SSSR count). The maximum atomic E-state index is 12.6. The largest absolute Gasteiger partial charge is 0.370 e. The summed E-state index contributed by atoms with van der Waals surface area (Å²) in [5.41, 5.74) is 0.0491. The summed E-state index contributed by atoms with van der Waals surface area (Å²) in [6.45, 7) is 6.47. The zero-order valence-electron chi connectivity index (χ0n) is 12.9. The van der Waals surface area contributed by atoms with Gasteiger partial charge in [0.1, 0.15) is 12.0 Å². The van der Waals surface area contributed by atoms with E-state index < -0.39 is 4.92 Å². The van der Waals surface area contributed by atoms with Crippen molar-refractivity contribution < 1.29 is 9.72 Å². The predicted octanol–water partition coefficient (Wildman–Crippen LogP) is 2.68. The molecule has 1 aromatic rings. The van der Waals surface area contributed by atoms with Crippen molar-refractivity contribution in [3.05, 3.63) is 27.9 Å². The van der Waals surface area contributed by atoms with E-state index in [2.05, 4.69) is 10.3 Å². The molecule has 1 unspecified atom stereocenters. The molecule has 1 atom stereocenters. The number of carbonyl (C=O) groups excluding carboxylic acids is 1. The second-order valence-electron chi connectivity index (χ2n) is 4.93. The molecular weight excluding hydrogens is 272 g/mol. The van der Waals surface area contributed by atoms with Crippen LogP contribution in [0.2, 0.25) is 0 Å². The van der Waals surface area contributed by atoms with Crippen LogP contribution in [-0.4, -0.2) is 40.3 Å². The van der Waals surface area contributed by atoms with Gasteiger partial charge in [0.15, 0.2) is 0 Å². The third-order valence-electron chi connectivity index (χ3n) is 3.35. The molecule has 0 saturated carbocycles. The zero-order chi connectivity index (χ0) is 16.0. The Morgan fingerprint density at radius 2 is 2.19 bits per heavy atom. The van der Waals surface area contributed by atoms with E-state index in [0.29, 0.717) is 12.4 Å². The predicted molar refractivity (Wildman–Crippen MR) is 81.5 cm³/mol. The minimum absolute atomic E-state index is 0.0660. The third kappa shape index (κ3) is 4.14. The molecule has 0 spiro atoms. The summed E-state index contributed by atoms with van der Waals surface area (Å²) in [5.74, 6) is 0.117. The maximum absolute atomic E-state index is 12.6. The van der Waals surface area contributed by atoms with E-state index in [1.807, 2.05) is 20.8 Å². The number of nitrogens with one attached hydrogen (secondary N) is 1. The fourth-order valence-electron chi connectivity index (χ4n) is 2.03. The molecule has 21 heavy (non-hydrogen) atoms. The second-order valence-corrected chi connectivity index (χ2v) is 4.93. The van der Waals surface area contributed by atoms with Crippen molar-refractivity contribution in [2.75, 3.05) is 18.9 Å². The molecule has 0 bridgehead atoms. The van der Waals surface area contributed by atoms with Crippen LogP contribution in [0.1, 0.15) is 44.0 Å². The molecule has 0 fully saturated rings. The number of carbonyl (C=O) groups is 1. The number of nitro groups is 1. The summed E-state index contributed by atoms with van der Waals surface area (Å²) in [4.78, 5) is 28.5. The highest BCUT2D eigenvalue weighted by atomic mass is 16.6. The van der Waals surface area contributed by atoms with E-state index in [-0.39, 0.29) is 23.2 Å². The Hall–Kier alpha value is -2.18. The van der Waals surface area contributed by atoms with Crippen molar-refractivity contribution in [3.63, 3.8) is 0 Å². The molecular formula is C14H22N4O3. The average Bonchev–Trinajstić information content (AvgIpc) is 2.46. The first-order valence-corrected chi connectivity index (χ1v) is 7.07. The molecule has 0 aromatic carbocycles. The number of nitrogens with zero attached hydrogens (tertiary/aromatic N) is 3. The van der Waals surface area contributed by atoms with Crippen LogP contribution >= 0.6 is 0 Å². The van der Waals surface area contributed by atoms with Gasteiger partial charge in [-0.05, 0) is 20.3 Å². The summed E-state index contributed by atoms with van der Waals surface area (Å²) in [5, 5.41) is 13.8.